The van der Waals surface area contributed by atoms with E-state index in [0.717, 1.165) is 21.8 Å². The number of hydrogen-bond donors (Lipinski definition) is 2. The molecular weight excluding hydrogens is 286 g/mol. The highest BCUT2D eigenvalue weighted by Gasteiger charge is 2.08. The molecule has 0 saturated heterocycles. The zero-order chi connectivity index (χ0) is 14.5. The monoisotopic (exact) mass is 301 g/mol. The number of aliphatic hydroxyl groups is 1. The molecule has 5 nitrogen and oxygen atoms in total. The van der Waals surface area contributed by atoms with E-state index in [1.54, 1.807) is 11.3 Å². The Morgan fingerprint density at radius 1 is 1.19 bits per heavy atom. The highest BCUT2D eigenvalue weighted by Crippen LogP contribution is 2.23. The molecule has 0 bridgehead atoms. The zero-order valence-corrected chi connectivity index (χ0v) is 12.1. The number of ether oxygens (including phenoxy) is 1. The molecule has 1 unspecified atom stereocenters. The van der Waals surface area contributed by atoms with Crippen molar-refractivity contribution in [2.45, 2.75) is 6.10 Å². The van der Waals surface area contributed by atoms with Gasteiger partial charge in [-0.05, 0) is 23.6 Å². The van der Waals surface area contributed by atoms with Crippen molar-refractivity contribution in [1.82, 2.24) is 9.97 Å². The van der Waals surface area contributed by atoms with Crippen molar-refractivity contribution >= 4 is 27.4 Å². The Balaban J connectivity index is 1.54. The lowest BCUT2D eigenvalue weighted by Crippen LogP contribution is -2.26. The largest absolute Gasteiger partial charge is 0.491 e. The summed E-state index contributed by atoms with van der Waals surface area (Å²) in [5.74, 6) is 1.49. The second-order valence-electron chi connectivity index (χ2n) is 4.52. The molecule has 0 fully saturated rings. The van der Waals surface area contributed by atoms with E-state index < -0.39 is 6.10 Å². The molecular formula is C15H15N3O2S. The van der Waals surface area contributed by atoms with Crippen LogP contribution in [0.3, 0.4) is 0 Å². The Kier molecular flexibility index (Phi) is 4.28. The van der Waals surface area contributed by atoms with Gasteiger partial charge in [-0.15, -0.1) is 11.3 Å². The minimum Gasteiger partial charge on any atom is -0.491 e. The predicted octanol–water partition coefficient (Wildman–Crippen LogP) is 2.54. The van der Waals surface area contributed by atoms with Gasteiger partial charge in [0.2, 0.25) is 0 Å². The summed E-state index contributed by atoms with van der Waals surface area (Å²) < 4.78 is 5.51. The van der Waals surface area contributed by atoms with Gasteiger partial charge in [-0.1, -0.05) is 18.2 Å². The molecule has 2 heterocycles. The molecule has 108 valence electrons. The molecule has 6 heteroatoms. The Hall–Kier alpha value is -2.18. The number of thiophene rings is 1. The minimum atomic E-state index is -0.617. The molecule has 0 saturated carbocycles. The third kappa shape index (κ3) is 3.48. The van der Waals surface area contributed by atoms with Crippen molar-refractivity contribution in [1.29, 1.82) is 0 Å². The van der Waals surface area contributed by atoms with Crippen LogP contribution in [0.25, 0.3) is 10.2 Å². The molecule has 21 heavy (non-hydrogen) atoms. The van der Waals surface area contributed by atoms with Crippen molar-refractivity contribution in [2.75, 3.05) is 18.5 Å². The fraction of sp³-hybridized carbons (Fsp3) is 0.200. The topological polar surface area (TPSA) is 67.3 Å². The number of fused-ring (bicyclic) bond motifs is 1. The number of rotatable bonds is 6. The highest BCUT2D eigenvalue weighted by molar-refractivity contribution is 7.16. The van der Waals surface area contributed by atoms with Gasteiger partial charge in [0.05, 0.1) is 5.39 Å². The van der Waals surface area contributed by atoms with Gasteiger partial charge >= 0.3 is 0 Å². The SMILES string of the molecule is OC(CNc1ncnc2sccc12)COc1ccccc1. The molecule has 0 radical (unpaired) electrons. The standard InChI is InChI=1S/C15H15N3O2S/c19-11(9-20-12-4-2-1-3-5-12)8-16-14-13-6-7-21-15(13)18-10-17-14/h1-7,10-11,19H,8-9H2,(H,16,17,18). The summed E-state index contributed by atoms with van der Waals surface area (Å²) >= 11 is 1.56. The smallest absolute Gasteiger partial charge is 0.138 e. The molecule has 2 aromatic heterocycles. The number of aliphatic hydroxyl groups excluding tert-OH is 1. The van der Waals surface area contributed by atoms with Crippen molar-refractivity contribution in [3.8, 4) is 5.75 Å². The average molecular weight is 301 g/mol. The molecule has 3 aromatic rings. The summed E-state index contributed by atoms with van der Waals surface area (Å²) in [6.07, 6.45) is 0.905. The van der Waals surface area contributed by atoms with Crippen molar-refractivity contribution in [3.05, 3.63) is 48.1 Å². The van der Waals surface area contributed by atoms with Gasteiger partial charge in [-0.3, -0.25) is 0 Å². The second kappa shape index (κ2) is 6.51. The molecule has 0 aliphatic carbocycles. The Bertz CT molecular complexity index is 702. The lowest BCUT2D eigenvalue weighted by molar-refractivity contribution is 0.117. The third-order valence-corrected chi connectivity index (χ3v) is 3.77. The van der Waals surface area contributed by atoms with Gasteiger partial charge in [0.1, 0.15) is 35.4 Å². The van der Waals surface area contributed by atoms with E-state index in [1.165, 1.54) is 6.33 Å². The van der Waals surface area contributed by atoms with Crippen LogP contribution >= 0.6 is 11.3 Å². The van der Waals surface area contributed by atoms with Gasteiger partial charge in [0, 0.05) is 6.54 Å². The maximum atomic E-state index is 9.97. The number of para-hydroxylation sites is 1. The Labute approximate surface area is 126 Å². The van der Waals surface area contributed by atoms with Gasteiger partial charge in [0.25, 0.3) is 0 Å². The molecule has 0 spiro atoms. The van der Waals surface area contributed by atoms with Crippen LogP contribution in [0.5, 0.6) is 5.75 Å². The fourth-order valence-corrected chi connectivity index (χ4v) is 2.65. The fourth-order valence-electron chi connectivity index (χ4n) is 1.91. The van der Waals surface area contributed by atoms with Crippen molar-refractivity contribution in [2.24, 2.45) is 0 Å². The molecule has 2 N–H and O–H groups in total. The minimum absolute atomic E-state index is 0.231. The van der Waals surface area contributed by atoms with Crippen LogP contribution in [-0.2, 0) is 0 Å². The maximum absolute atomic E-state index is 9.97. The van der Waals surface area contributed by atoms with E-state index in [-0.39, 0.29) is 6.61 Å². The normalized spacial score (nSPS) is 12.2. The summed E-state index contributed by atoms with van der Waals surface area (Å²) in [4.78, 5) is 9.32. The van der Waals surface area contributed by atoms with E-state index >= 15 is 0 Å². The second-order valence-corrected chi connectivity index (χ2v) is 5.42. The van der Waals surface area contributed by atoms with Crippen LogP contribution < -0.4 is 10.1 Å². The molecule has 3 rings (SSSR count). The maximum Gasteiger partial charge on any atom is 0.138 e. The van der Waals surface area contributed by atoms with Crippen molar-refractivity contribution < 1.29 is 9.84 Å². The first-order chi connectivity index (χ1) is 10.3. The quantitative estimate of drug-likeness (QED) is 0.732. The highest BCUT2D eigenvalue weighted by atomic mass is 32.1. The van der Waals surface area contributed by atoms with Crippen LogP contribution in [0.15, 0.2) is 48.1 Å². The Morgan fingerprint density at radius 3 is 2.90 bits per heavy atom. The average Bonchev–Trinajstić information content (AvgIpc) is 3.01. The molecule has 0 aliphatic heterocycles. The van der Waals surface area contributed by atoms with Gasteiger partial charge in [-0.25, -0.2) is 9.97 Å². The Morgan fingerprint density at radius 2 is 2.05 bits per heavy atom. The van der Waals surface area contributed by atoms with E-state index in [1.807, 2.05) is 41.8 Å². The number of anilines is 1. The van der Waals surface area contributed by atoms with E-state index in [2.05, 4.69) is 15.3 Å². The first-order valence-corrected chi connectivity index (χ1v) is 7.49. The van der Waals surface area contributed by atoms with Gasteiger partial charge < -0.3 is 15.2 Å². The van der Waals surface area contributed by atoms with Gasteiger partial charge in [0.15, 0.2) is 0 Å². The summed E-state index contributed by atoms with van der Waals surface area (Å²) in [5, 5.41) is 16.0. The van der Waals surface area contributed by atoms with E-state index in [9.17, 15) is 5.11 Å². The zero-order valence-electron chi connectivity index (χ0n) is 11.3. The molecule has 0 amide bonds. The van der Waals surface area contributed by atoms with Gasteiger partial charge in [-0.2, -0.15) is 0 Å². The van der Waals surface area contributed by atoms with Crippen LogP contribution in [0.4, 0.5) is 5.82 Å². The number of benzene rings is 1. The van der Waals surface area contributed by atoms with Crippen LogP contribution in [0.2, 0.25) is 0 Å². The molecule has 1 aromatic carbocycles. The summed E-state index contributed by atoms with van der Waals surface area (Å²) in [6.45, 7) is 0.601. The van der Waals surface area contributed by atoms with E-state index in [4.69, 9.17) is 4.74 Å². The first kappa shape index (κ1) is 13.8. The summed E-state index contributed by atoms with van der Waals surface area (Å²) in [5.41, 5.74) is 0. The number of hydrogen-bond acceptors (Lipinski definition) is 6. The summed E-state index contributed by atoms with van der Waals surface area (Å²) in [6, 6.07) is 11.4. The summed E-state index contributed by atoms with van der Waals surface area (Å²) in [7, 11) is 0. The number of nitrogens with zero attached hydrogens (tertiary/aromatic N) is 2. The molecule has 0 aliphatic rings. The lowest BCUT2D eigenvalue weighted by atomic mass is 10.3. The number of nitrogens with one attached hydrogen (secondary N) is 1. The van der Waals surface area contributed by atoms with E-state index in [0.29, 0.717) is 6.54 Å². The lowest BCUT2D eigenvalue weighted by Gasteiger charge is -2.13. The first-order valence-electron chi connectivity index (χ1n) is 6.61. The third-order valence-electron chi connectivity index (χ3n) is 2.95. The van der Waals surface area contributed by atoms with Crippen LogP contribution in [0.1, 0.15) is 0 Å². The predicted molar refractivity (Wildman–Crippen MR) is 83.8 cm³/mol. The molecule has 1 atom stereocenters. The number of aromatic nitrogens is 2. The van der Waals surface area contributed by atoms with Crippen LogP contribution in [0, 0.1) is 0 Å². The van der Waals surface area contributed by atoms with Crippen molar-refractivity contribution in [3.63, 3.8) is 0 Å². The van der Waals surface area contributed by atoms with Crippen LogP contribution in [-0.4, -0.2) is 34.3 Å².